The summed E-state index contributed by atoms with van der Waals surface area (Å²) in [7, 11) is 0. The number of benzene rings is 2. The topological polar surface area (TPSA) is 20.2 Å². The van der Waals surface area contributed by atoms with E-state index < -0.39 is 0 Å². The summed E-state index contributed by atoms with van der Waals surface area (Å²) in [4.78, 5) is 0. The molecule has 19 heavy (non-hydrogen) atoms. The molecular formula is C18H18O. The zero-order valence-electron chi connectivity index (χ0n) is 11.1. The summed E-state index contributed by atoms with van der Waals surface area (Å²) in [5.74, 6) is 0.612. The number of aromatic hydroxyl groups is 1. The Balaban J connectivity index is 2.21. The molecule has 0 bridgehead atoms. The first-order valence-corrected chi connectivity index (χ1v) is 6.84. The van der Waals surface area contributed by atoms with Gasteiger partial charge in [0, 0.05) is 11.5 Å². The van der Waals surface area contributed by atoms with Crippen molar-refractivity contribution >= 4 is 12.2 Å². The minimum Gasteiger partial charge on any atom is -0.508 e. The van der Waals surface area contributed by atoms with E-state index in [1.54, 1.807) is 0 Å². The fraction of sp³-hybridized carbons (Fsp3) is 0.222. The van der Waals surface area contributed by atoms with Gasteiger partial charge >= 0.3 is 0 Å². The molecule has 1 aliphatic rings. The quantitative estimate of drug-likeness (QED) is 0.869. The minimum absolute atomic E-state index is 0.207. The summed E-state index contributed by atoms with van der Waals surface area (Å²) in [5.41, 5.74) is 2.30. The van der Waals surface area contributed by atoms with E-state index in [9.17, 15) is 5.11 Å². The van der Waals surface area contributed by atoms with Crippen molar-refractivity contribution in [2.45, 2.75) is 25.7 Å². The molecule has 2 aromatic rings. The molecule has 3 rings (SSSR count). The second-order valence-electron chi connectivity index (χ2n) is 5.12. The summed E-state index contributed by atoms with van der Waals surface area (Å²) < 4.78 is 0. The highest BCUT2D eigenvalue weighted by atomic mass is 16.3. The molecule has 96 valence electrons. The normalized spacial score (nSPS) is 15.0. The third kappa shape index (κ3) is 2.17. The van der Waals surface area contributed by atoms with Crippen molar-refractivity contribution in [3.63, 3.8) is 0 Å². The molecule has 0 heterocycles. The molecule has 2 aromatic carbocycles. The summed E-state index contributed by atoms with van der Waals surface area (Å²) in [6.07, 6.45) is 6.67. The van der Waals surface area contributed by atoms with Gasteiger partial charge < -0.3 is 5.11 Å². The van der Waals surface area contributed by atoms with Gasteiger partial charge in [-0.05, 0) is 34.9 Å². The Morgan fingerprint density at radius 2 is 1.68 bits per heavy atom. The van der Waals surface area contributed by atoms with Crippen molar-refractivity contribution in [1.82, 2.24) is 0 Å². The molecule has 0 spiro atoms. The van der Waals surface area contributed by atoms with Crippen molar-refractivity contribution < 1.29 is 5.11 Å². The molecule has 0 amide bonds. The fourth-order valence-electron chi connectivity index (χ4n) is 2.88. The molecule has 1 nitrogen and oxygen atoms in total. The number of rotatable bonds is 2. The highest BCUT2D eigenvalue weighted by molar-refractivity contribution is 5.49. The lowest BCUT2D eigenvalue weighted by Crippen LogP contribution is -2.31. The number of fused-ring (bicyclic) bond motifs is 1. The van der Waals surface area contributed by atoms with Gasteiger partial charge in [0.2, 0.25) is 0 Å². The van der Waals surface area contributed by atoms with E-state index in [1.807, 2.05) is 30.3 Å². The molecule has 1 unspecified atom stereocenters. The van der Waals surface area contributed by atoms with Gasteiger partial charge in [-0.1, -0.05) is 55.5 Å². The van der Waals surface area contributed by atoms with Crippen molar-refractivity contribution in [3.8, 4) is 5.75 Å². The Hall–Kier alpha value is -2.02. The van der Waals surface area contributed by atoms with Crippen LogP contribution in [0.3, 0.4) is 0 Å². The molecule has 1 N–H and O–H groups in total. The standard InChI is InChI=1S/C18H18O/c1-13(14-7-3-2-4-8-14)18-16-10-6-5-9-15(16)11-12-17(18)19/h2-4,7-13,19H,5-6H2,1H3. The predicted octanol–water partition coefficient (Wildman–Crippen LogP) is 2.90. The van der Waals surface area contributed by atoms with Crippen LogP contribution in [0.25, 0.3) is 12.2 Å². The molecule has 0 fully saturated rings. The van der Waals surface area contributed by atoms with Crippen LogP contribution in [0.15, 0.2) is 42.5 Å². The lowest BCUT2D eigenvalue weighted by molar-refractivity contribution is 0.465. The molecule has 0 saturated carbocycles. The maximum Gasteiger partial charge on any atom is 0.120 e. The first-order valence-electron chi connectivity index (χ1n) is 6.84. The lowest BCUT2D eigenvalue weighted by Gasteiger charge is -2.16. The van der Waals surface area contributed by atoms with Gasteiger partial charge in [0.05, 0.1) is 0 Å². The van der Waals surface area contributed by atoms with E-state index in [0.29, 0.717) is 5.75 Å². The SMILES string of the molecule is CC(c1ccccc1)c1c(O)ccc2c1=CCCC=2. The summed E-state index contributed by atoms with van der Waals surface area (Å²) >= 11 is 0. The van der Waals surface area contributed by atoms with Gasteiger partial charge in [-0.3, -0.25) is 0 Å². The zero-order valence-corrected chi connectivity index (χ0v) is 11.1. The third-order valence-corrected chi connectivity index (χ3v) is 3.91. The fourth-order valence-corrected chi connectivity index (χ4v) is 2.88. The average Bonchev–Trinajstić information content (AvgIpc) is 2.47. The zero-order chi connectivity index (χ0) is 13.2. The first-order chi connectivity index (χ1) is 9.27. The molecule has 0 radical (unpaired) electrons. The first kappa shape index (κ1) is 12.0. The van der Waals surface area contributed by atoms with E-state index in [4.69, 9.17) is 0 Å². The maximum absolute atomic E-state index is 10.3. The molecule has 1 heteroatoms. The second-order valence-corrected chi connectivity index (χ2v) is 5.12. The van der Waals surface area contributed by atoms with E-state index >= 15 is 0 Å². The van der Waals surface area contributed by atoms with Crippen LogP contribution in [0.2, 0.25) is 0 Å². The third-order valence-electron chi connectivity index (χ3n) is 3.91. The molecular weight excluding hydrogens is 232 g/mol. The number of phenolic OH excluding ortho intramolecular Hbond substituents is 1. The van der Waals surface area contributed by atoms with E-state index in [0.717, 1.165) is 18.4 Å². The van der Waals surface area contributed by atoms with Gasteiger partial charge in [0.25, 0.3) is 0 Å². The van der Waals surface area contributed by atoms with Gasteiger partial charge in [0.1, 0.15) is 5.75 Å². The smallest absolute Gasteiger partial charge is 0.120 e. The van der Waals surface area contributed by atoms with Crippen LogP contribution < -0.4 is 10.4 Å². The Morgan fingerprint density at radius 1 is 0.947 bits per heavy atom. The molecule has 0 saturated heterocycles. The largest absolute Gasteiger partial charge is 0.508 e. The van der Waals surface area contributed by atoms with Crippen molar-refractivity contribution in [1.29, 1.82) is 0 Å². The van der Waals surface area contributed by atoms with E-state index in [2.05, 4.69) is 31.2 Å². The van der Waals surface area contributed by atoms with E-state index in [-0.39, 0.29) is 5.92 Å². The van der Waals surface area contributed by atoms with Gasteiger partial charge in [0.15, 0.2) is 0 Å². The Morgan fingerprint density at radius 3 is 2.47 bits per heavy atom. The summed E-state index contributed by atoms with van der Waals surface area (Å²) in [6.45, 7) is 2.16. The van der Waals surface area contributed by atoms with E-state index in [1.165, 1.54) is 16.0 Å². The Labute approximate surface area is 113 Å². The van der Waals surface area contributed by atoms with Crippen molar-refractivity contribution in [2.24, 2.45) is 0 Å². The van der Waals surface area contributed by atoms with Gasteiger partial charge in [-0.25, -0.2) is 0 Å². The molecule has 1 atom stereocenters. The predicted molar refractivity (Wildman–Crippen MR) is 79.5 cm³/mol. The number of hydrogen-bond acceptors (Lipinski definition) is 1. The van der Waals surface area contributed by atoms with Crippen LogP contribution in [0.4, 0.5) is 0 Å². The van der Waals surface area contributed by atoms with Crippen LogP contribution in [0.5, 0.6) is 5.75 Å². The average molecular weight is 250 g/mol. The highest BCUT2D eigenvalue weighted by Crippen LogP contribution is 2.27. The maximum atomic E-state index is 10.3. The Kier molecular flexibility index (Phi) is 3.12. The number of hydrogen-bond donors (Lipinski definition) is 1. The van der Waals surface area contributed by atoms with Gasteiger partial charge in [-0.15, -0.1) is 0 Å². The van der Waals surface area contributed by atoms with Crippen LogP contribution in [0.1, 0.15) is 36.8 Å². The Bertz CT molecular complexity index is 698. The number of phenols is 1. The summed E-state index contributed by atoms with van der Waals surface area (Å²) in [5, 5.41) is 12.7. The van der Waals surface area contributed by atoms with Crippen LogP contribution in [-0.4, -0.2) is 5.11 Å². The second kappa shape index (κ2) is 4.93. The van der Waals surface area contributed by atoms with Crippen molar-refractivity contribution in [2.75, 3.05) is 0 Å². The molecule has 0 aliphatic heterocycles. The highest BCUT2D eigenvalue weighted by Gasteiger charge is 2.15. The molecule has 0 aromatic heterocycles. The lowest BCUT2D eigenvalue weighted by atomic mass is 9.89. The van der Waals surface area contributed by atoms with Crippen LogP contribution >= 0.6 is 0 Å². The van der Waals surface area contributed by atoms with Gasteiger partial charge in [-0.2, -0.15) is 0 Å². The minimum atomic E-state index is 0.207. The summed E-state index contributed by atoms with van der Waals surface area (Å²) in [6, 6.07) is 14.2. The molecule has 1 aliphatic carbocycles. The van der Waals surface area contributed by atoms with Crippen LogP contribution in [0, 0.1) is 0 Å². The van der Waals surface area contributed by atoms with Crippen LogP contribution in [-0.2, 0) is 0 Å². The monoisotopic (exact) mass is 250 g/mol. The van der Waals surface area contributed by atoms with Crippen molar-refractivity contribution in [3.05, 3.63) is 64.0 Å².